The molecule has 2 amide bonds. The Morgan fingerprint density at radius 1 is 1.14 bits per heavy atom. The largest absolute Gasteiger partial charge is 0.497 e. The molecular weight excluding hydrogens is 290 g/mol. The Morgan fingerprint density at radius 3 is 2.52 bits per heavy atom. The Balaban J connectivity index is 1.78. The molecule has 0 heterocycles. The van der Waals surface area contributed by atoms with Crippen molar-refractivity contribution in [1.29, 1.82) is 0 Å². The van der Waals surface area contributed by atoms with Crippen LogP contribution in [0.5, 0.6) is 5.75 Å². The molecular formula is C15H16ClN3O2. The zero-order valence-electron chi connectivity index (χ0n) is 11.5. The summed E-state index contributed by atoms with van der Waals surface area (Å²) in [5.41, 5.74) is 6.89. The van der Waals surface area contributed by atoms with Gasteiger partial charge in [-0.2, -0.15) is 0 Å². The highest BCUT2D eigenvalue weighted by atomic mass is 35.5. The third kappa shape index (κ3) is 4.57. The molecule has 0 aliphatic heterocycles. The van der Waals surface area contributed by atoms with Crippen LogP contribution in [-0.4, -0.2) is 13.1 Å². The van der Waals surface area contributed by atoms with Crippen LogP contribution in [0, 0.1) is 0 Å². The third-order valence-electron chi connectivity index (χ3n) is 2.80. The van der Waals surface area contributed by atoms with Gasteiger partial charge < -0.3 is 10.1 Å². The number of carbonyl (C=O) groups is 1. The molecule has 2 rings (SSSR count). The predicted octanol–water partition coefficient (Wildman–Crippen LogP) is 3.17. The lowest BCUT2D eigenvalue weighted by atomic mass is 10.2. The van der Waals surface area contributed by atoms with Crippen molar-refractivity contribution in [2.45, 2.75) is 6.54 Å². The lowest BCUT2D eigenvalue weighted by molar-refractivity contribution is 0.242. The number of halogens is 1. The van der Waals surface area contributed by atoms with E-state index in [-0.39, 0.29) is 6.03 Å². The number of methoxy groups -OCH3 is 1. The fourth-order valence-corrected chi connectivity index (χ4v) is 1.84. The fraction of sp³-hybridized carbons (Fsp3) is 0.133. The first-order valence-corrected chi connectivity index (χ1v) is 6.74. The molecule has 110 valence electrons. The number of carbonyl (C=O) groups excluding carboxylic acids is 1. The van der Waals surface area contributed by atoms with Gasteiger partial charge in [0.1, 0.15) is 5.75 Å². The Bertz CT molecular complexity index is 602. The molecule has 6 heteroatoms. The van der Waals surface area contributed by atoms with E-state index in [1.807, 2.05) is 36.4 Å². The molecule has 0 radical (unpaired) electrons. The molecule has 0 fully saturated rings. The maximum Gasteiger partial charge on any atom is 0.333 e. The van der Waals surface area contributed by atoms with E-state index in [9.17, 15) is 4.79 Å². The normalized spacial score (nSPS) is 9.81. The van der Waals surface area contributed by atoms with Crippen LogP contribution in [0.15, 0.2) is 48.5 Å². The molecule has 2 aromatic rings. The molecule has 0 spiro atoms. The zero-order chi connectivity index (χ0) is 15.1. The van der Waals surface area contributed by atoms with Gasteiger partial charge in [-0.3, -0.25) is 10.9 Å². The van der Waals surface area contributed by atoms with Crippen molar-refractivity contribution in [1.82, 2.24) is 10.7 Å². The van der Waals surface area contributed by atoms with E-state index in [2.05, 4.69) is 16.2 Å². The number of para-hydroxylation sites is 1. The number of benzene rings is 2. The van der Waals surface area contributed by atoms with Crippen molar-refractivity contribution in [2.75, 3.05) is 12.5 Å². The minimum Gasteiger partial charge on any atom is -0.497 e. The highest BCUT2D eigenvalue weighted by molar-refractivity contribution is 6.33. The number of urea groups is 1. The van der Waals surface area contributed by atoms with E-state index in [4.69, 9.17) is 16.3 Å². The minimum atomic E-state index is -0.342. The summed E-state index contributed by atoms with van der Waals surface area (Å²) in [7, 11) is 1.61. The Kier molecular flexibility index (Phi) is 5.29. The van der Waals surface area contributed by atoms with Crippen LogP contribution in [0.1, 0.15) is 5.56 Å². The molecule has 0 aliphatic rings. The van der Waals surface area contributed by atoms with Crippen LogP contribution in [0.2, 0.25) is 5.02 Å². The van der Waals surface area contributed by atoms with E-state index in [1.165, 1.54) is 0 Å². The first-order chi connectivity index (χ1) is 10.2. The number of rotatable bonds is 5. The van der Waals surface area contributed by atoms with Gasteiger partial charge in [-0.05, 0) is 29.8 Å². The van der Waals surface area contributed by atoms with E-state index in [0.717, 1.165) is 11.3 Å². The smallest absolute Gasteiger partial charge is 0.333 e. The number of hydrogen-bond donors (Lipinski definition) is 3. The SMILES string of the molecule is COc1ccc(CNC(=O)NNc2ccccc2Cl)cc1. The Morgan fingerprint density at radius 2 is 1.86 bits per heavy atom. The van der Waals surface area contributed by atoms with Crippen molar-refractivity contribution in [3.8, 4) is 5.75 Å². The summed E-state index contributed by atoms with van der Waals surface area (Å²) < 4.78 is 5.07. The monoisotopic (exact) mass is 305 g/mol. The molecule has 0 unspecified atom stereocenters. The molecule has 0 saturated heterocycles. The first kappa shape index (κ1) is 15.0. The van der Waals surface area contributed by atoms with Crippen LogP contribution < -0.4 is 20.9 Å². The van der Waals surface area contributed by atoms with Gasteiger partial charge in [0.15, 0.2) is 0 Å². The van der Waals surface area contributed by atoms with Crippen molar-refractivity contribution < 1.29 is 9.53 Å². The second kappa shape index (κ2) is 7.40. The molecule has 0 saturated carbocycles. The highest BCUT2D eigenvalue weighted by Crippen LogP contribution is 2.19. The molecule has 3 N–H and O–H groups in total. The molecule has 0 atom stereocenters. The van der Waals surface area contributed by atoms with E-state index in [0.29, 0.717) is 17.3 Å². The average molecular weight is 306 g/mol. The Labute approximate surface area is 128 Å². The third-order valence-corrected chi connectivity index (χ3v) is 3.13. The summed E-state index contributed by atoms with van der Waals surface area (Å²) in [6, 6.07) is 14.3. The number of amides is 2. The summed E-state index contributed by atoms with van der Waals surface area (Å²) in [6.07, 6.45) is 0. The summed E-state index contributed by atoms with van der Waals surface area (Å²) in [4.78, 5) is 11.7. The lowest BCUT2D eigenvalue weighted by Gasteiger charge is -2.11. The van der Waals surface area contributed by atoms with Crippen molar-refractivity contribution in [3.63, 3.8) is 0 Å². The molecule has 2 aromatic carbocycles. The standard InChI is InChI=1S/C15H16ClN3O2/c1-21-12-8-6-11(7-9-12)10-17-15(20)19-18-14-5-3-2-4-13(14)16/h2-9,18H,10H2,1H3,(H2,17,19,20). The van der Waals surface area contributed by atoms with Crippen LogP contribution in [0.3, 0.4) is 0 Å². The van der Waals surface area contributed by atoms with Crippen LogP contribution in [0.25, 0.3) is 0 Å². The van der Waals surface area contributed by atoms with Crippen molar-refractivity contribution in [3.05, 3.63) is 59.1 Å². The summed E-state index contributed by atoms with van der Waals surface area (Å²) in [5, 5.41) is 3.26. The van der Waals surface area contributed by atoms with Crippen LogP contribution in [0.4, 0.5) is 10.5 Å². The predicted molar refractivity (Wildman–Crippen MR) is 83.4 cm³/mol. The molecule has 0 aromatic heterocycles. The molecule has 5 nitrogen and oxygen atoms in total. The van der Waals surface area contributed by atoms with Gasteiger partial charge in [0.25, 0.3) is 0 Å². The first-order valence-electron chi connectivity index (χ1n) is 6.36. The highest BCUT2D eigenvalue weighted by Gasteiger charge is 2.02. The quantitative estimate of drug-likeness (QED) is 0.744. The van der Waals surface area contributed by atoms with Gasteiger partial charge in [0.05, 0.1) is 17.8 Å². The lowest BCUT2D eigenvalue weighted by Crippen LogP contribution is -2.38. The van der Waals surface area contributed by atoms with Crippen molar-refractivity contribution >= 4 is 23.3 Å². The van der Waals surface area contributed by atoms with Gasteiger partial charge in [-0.25, -0.2) is 4.79 Å². The average Bonchev–Trinajstić information content (AvgIpc) is 2.52. The summed E-state index contributed by atoms with van der Waals surface area (Å²) in [6.45, 7) is 0.417. The minimum absolute atomic E-state index is 0.342. The van der Waals surface area contributed by atoms with Crippen molar-refractivity contribution in [2.24, 2.45) is 0 Å². The van der Waals surface area contributed by atoms with Gasteiger partial charge in [0, 0.05) is 6.54 Å². The van der Waals surface area contributed by atoms with Crippen LogP contribution in [-0.2, 0) is 6.54 Å². The number of hydrazine groups is 1. The summed E-state index contributed by atoms with van der Waals surface area (Å²) in [5.74, 6) is 0.781. The van der Waals surface area contributed by atoms with Crippen LogP contribution >= 0.6 is 11.6 Å². The maximum atomic E-state index is 11.7. The fourth-order valence-electron chi connectivity index (χ4n) is 1.66. The van der Waals surface area contributed by atoms with E-state index in [1.54, 1.807) is 19.2 Å². The summed E-state index contributed by atoms with van der Waals surface area (Å²) >= 11 is 5.96. The van der Waals surface area contributed by atoms with E-state index < -0.39 is 0 Å². The van der Waals surface area contributed by atoms with E-state index >= 15 is 0 Å². The number of nitrogens with one attached hydrogen (secondary N) is 3. The second-order valence-electron chi connectivity index (χ2n) is 4.26. The molecule has 0 bridgehead atoms. The number of anilines is 1. The molecule has 0 aliphatic carbocycles. The zero-order valence-corrected chi connectivity index (χ0v) is 12.3. The van der Waals surface area contributed by atoms with Gasteiger partial charge >= 0.3 is 6.03 Å². The topological polar surface area (TPSA) is 62.4 Å². The van der Waals surface area contributed by atoms with Gasteiger partial charge in [0.2, 0.25) is 0 Å². The second-order valence-corrected chi connectivity index (χ2v) is 4.67. The number of hydrogen-bond acceptors (Lipinski definition) is 3. The molecule has 21 heavy (non-hydrogen) atoms. The van der Waals surface area contributed by atoms with Gasteiger partial charge in [-0.1, -0.05) is 35.9 Å². The maximum absolute atomic E-state index is 11.7. The van der Waals surface area contributed by atoms with Gasteiger partial charge in [-0.15, -0.1) is 0 Å². The number of ether oxygens (including phenoxy) is 1. The Hall–Kier alpha value is -2.40.